The first-order valence-electron chi connectivity index (χ1n) is 21.7. The van der Waals surface area contributed by atoms with Crippen LogP contribution in [0.25, 0.3) is 72.6 Å². The van der Waals surface area contributed by atoms with E-state index in [4.69, 9.17) is 17.6 Å². The van der Waals surface area contributed by atoms with Gasteiger partial charge in [0.2, 0.25) is 0 Å². The van der Waals surface area contributed by atoms with Gasteiger partial charge in [0.1, 0.15) is 0 Å². The van der Waals surface area contributed by atoms with Crippen LogP contribution >= 0.6 is 0 Å². The Bertz CT molecular complexity index is 3030. The summed E-state index contributed by atoms with van der Waals surface area (Å²) in [6, 6.07) is 63.4. The molecular formula is C53H39IrN3O-2. The predicted octanol–water partition coefficient (Wildman–Crippen LogP) is 13.3. The van der Waals surface area contributed by atoms with Gasteiger partial charge in [-0.05, 0) is 53.4 Å². The molecule has 0 amide bonds. The zero-order valence-corrected chi connectivity index (χ0v) is 33.6. The number of furan rings is 1. The summed E-state index contributed by atoms with van der Waals surface area (Å²) in [6.07, 6.45) is 5.39. The standard InChI is InChI=1S/C40H27N2O.C13H12N.Ir/c1-4-13-28(14-5-1)25-29-23-24-38-34(26-29)35(27-43-38)40-41-36-21-10-11-22-37(36)42(40)39-32(30-15-6-2-7-16-30)19-12-20-33(39)31-17-8-3-9-18-31;1-10-3-6-12(7-4-10)13-8-5-11(2)9-14-13;/h1-24,26H,25H2;3-6,8-9H,1-2H3;/q2*-1;/i;1D3,2D3;. The van der Waals surface area contributed by atoms with Crippen LogP contribution in [0, 0.1) is 26.0 Å². The van der Waals surface area contributed by atoms with Crippen LogP contribution in [-0.2, 0) is 26.5 Å². The van der Waals surface area contributed by atoms with Crippen molar-refractivity contribution in [1.29, 1.82) is 0 Å². The van der Waals surface area contributed by atoms with Crippen molar-refractivity contribution in [3.8, 4) is 50.6 Å². The molecule has 0 aliphatic heterocycles. The van der Waals surface area contributed by atoms with E-state index in [1.807, 2.05) is 12.1 Å². The summed E-state index contributed by atoms with van der Waals surface area (Å²) in [7, 11) is 0. The average Bonchev–Trinajstić information content (AvgIpc) is 3.91. The van der Waals surface area contributed by atoms with Crippen molar-refractivity contribution in [2.75, 3.05) is 0 Å². The van der Waals surface area contributed by atoms with E-state index in [1.54, 1.807) is 12.1 Å². The summed E-state index contributed by atoms with van der Waals surface area (Å²) in [5.41, 5.74) is 13.2. The third kappa shape index (κ3) is 7.96. The number of nitrogens with zero attached hydrogens (tertiary/aromatic N) is 3. The van der Waals surface area contributed by atoms with E-state index in [0.717, 1.165) is 67.8 Å². The predicted molar refractivity (Wildman–Crippen MR) is 233 cm³/mol. The van der Waals surface area contributed by atoms with Crippen LogP contribution in [0.4, 0.5) is 0 Å². The van der Waals surface area contributed by atoms with Gasteiger partial charge in [-0.1, -0.05) is 175 Å². The molecule has 283 valence electrons. The molecule has 0 saturated heterocycles. The van der Waals surface area contributed by atoms with Crippen molar-refractivity contribution in [3.05, 3.63) is 223 Å². The summed E-state index contributed by atoms with van der Waals surface area (Å²) >= 11 is 0. The van der Waals surface area contributed by atoms with Gasteiger partial charge in [-0.15, -0.1) is 35.4 Å². The molecule has 3 heterocycles. The monoisotopic (exact) mass is 932 g/mol. The molecule has 0 unspecified atom stereocenters. The van der Waals surface area contributed by atoms with Gasteiger partial charge in [0.25, 0.3) is 0 Å². The molecule has 5 heteroatoms. The molecule has 0 spiro atoms. The van der Waals surface area contributed by atoms with Gasteiger partial charge in [0.15, 0.2) is 0 Å². The molecular weight excluding hydrogens is 887 g/mol. The summed E-state index contributed by atoms with van der Waals surface area (Å²) in [4.78, 5) is 9.31. The minimum Gasteiger partial charge on any atom is -0.557 e. The zero-order chi connectivity index (χ0) is 43.6. The van der Waals surface area contributed by atoms with Crippen LogP contribution in [0.2, 0.25) is 0 Å². The van der Waals surface area contributed by atoms with Crippen molar-refractivity contribution in [2.24, 2.45) is 0 Å². The van der Waals surface area contributed by atoms with E-state index in [9.17, 15) is 0 Å². The smallest absolute Gasteiger partial charge is 0.0774 e. The Balaban J connectivity index is 0.000000225. The normalized spacial score (nSPS) is 12.8. The number of aryl methyl sites for hydroxylation is 2. The molecule has 7 aromatic carbocycles. The molecule has 1 radical (unpaired) electrons. The van der Waals surface area contributed by atoms with Gasteiger partial charge in [-0.3, -0.25) is 4.98 Å². The second-order valence-corrected chi connectivity index (χ2v) is 13.7. The third-order valence-electron chi connectivity index (χ3n) is 9.89. The zero-order valence-electron chi connectivity index (χ0n) is 37.2. The fourth-order valence-corrected chi connectivity index (χ4v) is 7.17. The number of aromatic nitrogens is 3. The Labute approximate surface area is 361 Å². The maximum absolute atomic E-state index is 7.28. The maximum Gasteiger partial charge on any atom is 0.0774 e. The summed E-state index contributed by atoms with van der Waals surface area (Å²) in [5.74, 6) is 0.803. The van der Waals surface area contributed by atoms with Crippen molar-refractivity contribution in [1.82, 2.24) is 14.5 Å². The van der Waals surface area contributed by atoms with Crippen molar-refractivity contribution in [2.45, 2.75) is 20.1 Å². The number of fused-ring (bicyclic) bond motifs is 2. The van der Waals surface area contributed by atoms with Crippen molar-refractivity contribution >= 4 is 22.0 Å². The summed E-state index contributed by atoms with van der Waals surface area (Å²) in [5, 5.41) is 1.00. The molecule has 0 saturated carbocycles. The third-order valence-corrected chi connectivity index (χ3v) is 9.89. The SMILES string of the molecule is [2H]C([2H])([2H])c1c[c-]c(-c2ccc(C([2H])([2H])[2H])cn2)cc1.[Ir].[c-]1oc2ccc(Cc3ccccc3)cc2c1-c1nc2ccccc2n1-c1c(-c2ccccc2)cccc1-c1ccccc1. The Morgan fingerprint density at radius 2 is 1.31 bits per heavy atom. The van der Waals surface area contributed by atoms with Crippen LogP contribution < -0.4 is 0 Å². The van der Waals surface area contributed by atoms with E-state index < -0.39 is 13.7 Å². The largest absolute Gasteiger partial charge is 0.557 e. The Hall–Kier alpha value is -6.65. The second kappa shape index (κ2) is 17.2. The van der Waals surface area contributed by atoms with Gasteiger partial charge in [0, 0.05) is 57.5 Å². The van der Waals surface area contributed by atoms with E-state index in [-0.39, 0.29) is 31.2 Å². The molecule has 0 fully saturated rings. The van der Waals surface area contributed by atoms with E-state index >= 15 is 0 Å². The Kier molecular flexibility index (Phi) is 9.34. The topological polar surface area (TPSA) is 43.9 Å². The van der Waals surface area contributed by atoms with Gasteiger partial charge in [-0.2, -0.15) is 0 Å². The molecule has 0 N–H and O–H groups in total. The van der Waals surface area contributed by atoms with Crippen molar-refractivity contribution in [3.63, 3.8) is 0 Å². The first kappa shape index (κ1) is 31.4. The van der Waals surface area contributed by atoms with Crippen LogP contribution in [0.1, 0.15) is 30.5 Å². The molecule has 4 nitrogen and oxygen atoms in total. The number of pyridine rings is 1. The Morgan fingerprint density at radius 3 is 1.97 bits per heavy atom. The van der Waals surface area contributed by atoms with Crippen LogP contribution in [0.15, 0.2) is 193 Å². The molecule has 10 aromatic rings. The molecule has 3 aromatic heterocycles. The van der Waals surface area contributed by atoms with Gasteiger partial charge in [-0.25, -0.2) is 0 Å². The number of imidazole rings is 1. The molecule has 0 bridgehead atoms. The van der Waals surface area contributed by atoms with Gasteiger partial charge < -0.3 is 14.0 Å². The van der Waals surface area contributed by atoms with E-state index in [1.165, 1.54) is 35.5 Å². The summed E-state index contributed by atoms with van der Waals surface area (Å²) in [6.45, 7) is -4.34. The quantitative estimate of drug-likeness (QED) is 0.150. The number of benzene rings is 7. The van der Waals surface area contributed by atoms with Gasteiger partial charge in [0.05, 0.1) is 22.5 Å². The number of hydrogen-bond donors (Lipinski definition) is 0. The second-order valence-electron chi connectivity index (χ2n) is 13.7. The minimum absolute atomic E-state index is 0. The summed E-state index contributed by atoms with van der Waals surface area (Å²) < 4.78 is 52.0. The average molecular weight is 932 g/mol. The molecule has 10 rings (SSSR count). The molecule has 0 aliphatic rings. The number of hydrogen-bond acceptors (Lipinski definition) is 3. The first-order valence-corrected chi connectivity index (χ1v) is 18.7. The molecule has 0 atom stereocenters. The van der Waals surface area contributed by atoms with E-state index in [0.29, 0.717) is 11.3 Å². The van der Waals surface area contributed by atoms with Crippen LogP contribution in [0.3, 0.4) is 0 Å². The minimum atomic E-state index is -2.18. The molecule has 0 aliphatic carbocycles. The maximum atomic E-state index is 7.28. The number of rotatable bonds is 7. The van der Waals surface area contributed by atoms with Crippen LogP contribution in [0.5, 0.6) is 0 Å². The number of para-hydroxylation sites is 3. The van der Waals surface area contributed by atoms with Crippen LogP contribution in [-0.4, -0.2) is 14.5 Å². The first-order chi connectivity index (χ1) is 30.5. The molecule has 58 heavy (non-hydrogen) atoms. The van der Waals surface area contributed by atoms with Gasteiger partial charge >= 0.3 is 0 Å². The Morgan fingerprint density at radius 1 is 0.638 bits per heavy atom. The van der Waals surface area contributed by atoms with Crippen molar-refractivity contribution < 1.29 is 32.7 Å². The van der Waals surface area contributed by atoms with E-state index in [2.05, 4.69) is 161 Å². The fraction of sp³-hybridized carbons (Fsp3) is 0.0566. The fourth-order valence-electron chi connectivity index (χ4n) is 7.17.